The number of unbranched alkanes of at least 4 members (excludes halogenated alkanes) is 1. The van der Waals surface area contributed by atoms with Crippen LogP contribution >= 0.6 is 0 Å². The van der Waals surface area contributed by atoms with E-state index in [2.05, 4.69) is 11.9 Å². The topological polar surface area (TPSA) is 91.5 Å². The number of rotatable bonds is 4. The van der Waals surface area contributed by atoms with Crippen LogP contribution in [0.5, 0.6) is 0 Å². The van der Waals surface area contributed by atoms with Gasteiger partial charge in [-0.15, -0.1) is 0 Å². The highest BCUT2D eigenvalue weighted by molar-refractivity contribution is 5.78. The summed E-state index contributed by atoms with van der Waals surface area (Å²) in [6.45, 7) is 1.72. The van der Waals surface area contributed by atoms with Crippen LogP contribution in [0, 0.1) is 0 Å². The molecule has 5 unspecified atom stereocenters. The lowest BCUT2D eigenvalue weighted by Gasteiger charge is -2.37. The Labute approximate surface area is 99.9 Å². The van der Waals surface area contributed by atoms with E-state index in [-0.39, 0.29) is 6.61 Å². The van der Waals surface area contributed by atoms with E-state index in [1.54, 1.807) is 0 Å². The van der Waals surface area contributed by atoms with Crippen molar-refractivity contribution in [2.45, 2.75) is 56.8 Å². The Morgan fingerprint density at radius 2 is 2.06 bits per heavy atom. The van der Waals surface area contributed by atoms with Crippen molar-refractivity contribution in [3.8, 4) is 0 Å². The molecule has 0 aliphatic carbocycles. The lowest BCUT2D eigenvalue weighted by atomic mass is 9.99. The van der Waals surface area contributed by atoms with E-state index in [9.17, 15) is 10.2 Å². The first-order chi connectivity index (χ1) is 8.17. The van der Waals surface area contributed by atoms with E-state index in [0.717, 1.165) is 12.8 Å². The van der Waals surface area contributed by atoms with Crippen LogP contribution in [0.25, 0.3) is 0 Å². The van der Waals surface area contributed by atoms with E-state index >= 15 is 0 Å². The molecule has 0 aromatic carbocycles. The van der Waals surface area contributed by atoms with Gasteiger partial charge in [0.1, 0.15) is 18.3 Å². The number of aliphatic imine (C=N–C) groups is 1. The van der Waals surface area contributed by atoms with Crippen molar-refractivity contribution in [2.75, 3.05) is 6.61 Å². The normalized spacial score (nSPS) is 40.7. The Kier molecular flexibility index (Phi) is 3.98. The Bertz CT molecular complexity index is 296. The van der Waals surface area contributed by atoms with Gasteiger partial charge in [-0.3, -0.25) is 0 Å². The summed E-state index contributed by atoms with van der Waals surface area (Å²) in [6, 6.07) is 0. The summed E-state index contributed by atoms with van der Waals surface area (Å²) in [7, 11) is 0. The first-order valence-electron chi connectivity index (χ1n) is 6.03. The van der Waals surface area contributed by atoms with Crippen LogP contribution in [-0.4, -0.2) is 58.5 Å². The fourth-order valence-electron chi connectivity index (χ4n) is 2.08. The second-order valence-corrected chi connectivity index (χ2v) is 4.44. The molecule has 2 aliphatic rings. The smallest absolute Gasteiger partial charge is 0.191 e. The third-order valence-corrected chi connectivity index (χ3v) is 3.13. The van der Waals surface area contributed by atoms with Gasteiger partial charge in [0.2, 0.25) is 0 Å². The van der Waals surface area contributed by atoms with Gasteiger partial charge in [0, 0.05) is 6.42 Å². The number of hydrogen-bond donors (Lipinski definition) is 3. The molecule has 0 saturated carbocycles. The molecular weight excluding hydrogens is 226 g/mol. The largest absolute Gasteiger partial charge is 0.470 e. The van der Waals surface area contributed by atoms with Crippen molar-refractivity contribution in [1.82, 2.24) is 0 Å². The minimum absolute atomic E-state index is 0.346. The highest BCUT2D eigenvalue weighted by atomic mass is 16.6. The maximum absolute atomic E-state index is 9.85. The molecule has 0 radical (unpaired) electrons. The summed E-state index contributed by atoms with van der Waals surface area (Å²) in [4.78, 5) is 4.22. The summed E-state index contributed by atoms with van der Waals surface area (Å²) in [5.41, 5.74) is 0. The molecule has 0 aromatic rings. The van der Waals surface area contributed by atoms with Gasteiger partial charge in [0.25, 0.3) is 0 Å². The zero-order valence-electron chi connectivity index (χ0n) is 9.82. The van der Waals surface area contributed by atoms with Gasteiger partial charge in [-0.25, -0.2) is 4.99 Å². The minimum atomic E-state index is -1.14. The van der Waals surface area contributed by atoms with Crippen molar-refractivity contribution < 1.29 is 24.8 Å². The summed E-state index contributed by atoms with van der Waals surface area (Å²) >= 11 is 0. The third kappa shape index (κ3) is 2.44. The highest BCUT2D eigenvalue weighted by Crippen LogP contribution is 2.29. The van der Waals surface area contributed by atoms with Crippen molar-refractivity contribution in [1.29, 1.82) is 0 Å². The number of fused-ring (bicyclic) bond motifs is 1. The maximum Gasteiger partial charge on any atom is 0.191 e. The quantitative estimate of drug-likeness (QED) is 0.616. The lowest BCUT2D eigenvalue weighted by Crippen LogP contribution is -2.57. The molecule has 3 N–H and O–H groups in total. The van der Waals surface area contributed by atoms with Crippen LogP contribution in [0.1, 0.15) is 26.2 Å². The monoisotopic (exact) mass is 245 g/mol. The molecular formula is C11H19NO5. The summed E-state index contributed by atoms with van der Waals surface area (Å²) < 4.78 is 10.9. The first-order valence-corrected chi connectivity index (χ1v) is 6.03. The molecule has 17 heavy (non-hydrogen) atoms. The van der Waals surface area contributed by atoms with Gasteiger partial charge in [-0.2, -0.15) is 0 Å². The van der Waals surface area contributed by atoms with E-state index in [0.29, 0.717) is 12.3 Å². The van der Waals surface area contributed by atoms with E-state index in [4.69, 9.17) is 14.6 Å². The molecule has 98 valence electrons. The molecule has 6 nitrogen and oxygen atoms in total. The van der Waals surface area contributed by atoms with Crippen LogP contribution in [0.3, 0.4) is 0 Å². The Morgan fingerprint density at radius 1 is 1.29 bits per heavy atom. The van der Waals surface area contributed by atoms with E-state index in [1.165, 1.54) is 0 Å². The zero-order chi connectivity index (χ0) is 12.4. The fraction of sp³-hybridized carbons (Fsp3) is 0.909. The Hall–Kier alpha value is -0.690. The molecule has 0 amide bonds. The number of nitrogens with zero attached hydrogens (tertiary/aromatic N) is 1. The fourth-order valence-corrected chi connectivity index (χ4v) is 2.08. The minimum Gasteiger partial charge on any atom is -0.470 e. The van der Waals surface area contributed by atoms with E-state index < -0.39 is 30.6 Å². The molecule has 1 fully saturated rings. The summed E-state index contributed by atoms with van der Waals surface area (Å²) in [5.74, 6) is 0.562. The molecule has 0 aromatic heterocycles. The van der Waals surface area contributed by atoms with Crippen molar-refractivity contribution >= 4 is 5.90 Å². The SMILES string of the molecule is CCCCC1=NC2OC(CO)C(O)C(O)C2O1. The number of ether oxygens (including phenoxy) is 2. The van der Waals surface area contributed by atoms with Crippen LogP contribution in [0.2, 0.25) is 0 Å². The van der Waals surface area contributed by atoms with Gasteiger partial charge in [0.05, 0.1) is 6.61 Å². The second kappa shape index (κ2) is 5.30. The summed E-state index contributed by atoms with van der Waals surface area (Å²) in [5, 5.41) is 28.6. The van der Waals surface area contributed by atoms with Crippen molar-refractivity contribution in [3.63, 3.8) is 0 Å². The molecule has 0 bridgehead atoms. The number of aliphatic hydroxyl groups is 3. The van der Waals surface area contributed by atoms with Crippen LogP contribution in [0.15, 0.2) is 4.99 Å². The molecule has 6 heteroatoms. The predicted molar refractivity (Wildman–Crippen MR) is 59.6 cm³/mol. The lowest BCUT2D eigenvalue weighted by molar-refractivity contribution is -0.214. The van der Waals surface area contributed by atoms with Gasteiger partial charge >= 0.3 is 0 Å². The Morgan fingerprint density at radius 3 is 2.71 bits per heavy atom. The molecule has 1 saturated heterocycles. The maximum atomic E-state index is 9.85. The van der Waals surface area contributed by atoms with Gasteiger partial charge in [-0.05, 0) is 6.42 Å². The molecule has 2 rings (SSSR count). The number of hydrogen-bond acceptors (Lipinski definition) is 6. The Balaban J connectivity index is 2.01. The molecule has 2 heterocycles. The van der Waals surface area contributed by atoms with Gasteiger partial charge < -0.3 is 24.8 Å². The van der Waals surface area contributed by atoms with Gasteiger partial charge in [0.15, 0.2) is 18.2 Å². The standard InChI is InChI=1S/C11H19NO5/c1-2-3-4-7-12-11-10(17-7)9(15)8(14)6(5-13)16-11/h6,8-11,13-15H,2-5H2,1H3. The van der Waals surface area contributed by atoms with Crippen LogP contribution in [-0.2, 0) is 9.47 Å². The molecule has 0 spiro atoms. The van der Waals surface area contributed by atoms with Gasteiger partial charge in [-0.1, -0.05) is 13.3 Å². The second-order valence-electron chi connectivity index (χ2n) is 4.44. The third-order valence-electron chi connectivity index (χ3n) is 3.13. The first kappa shape index (κ1) is 12.8. The average molecular weight is 245 g/mol. The predicted octanol–water partition coefficient (Wildman–Crippen LogP) is -0.587. The molecule has 5 atom stereocenters. The average Bonchev–Trinajstić information content (AvgIpc) is 2.74. The number of aliphatic hydroxyl groups excluding tert-OH is 3. The highest BCUT2D eigenvalue weighted by Gasteiger charge is 2.48. The van der Waals surface area contributed by atoms with Crippen LogP contribution in [0.4, 0.5) is 0 Å². The van der Waals surface area contributed by atoms with Crippen molar-refractivity contribution in [3.05, 3.63) is 0 Å². The zero-order valence-corrected chi connectivity index (χ0v) is 9.82. The van der Waals surface area contributed by atoms with Crippen molar-refractivity contribution in [2.24, 2.45) is 4.99 Å². The van der Waals surface area contributed by atoms with E-state index in [1.807, 2.05) is 0 Å². The summed E-state index contributed by atoms with van der Waals surface area (Å²) in [6.07, 6.45) is -1.58. The van der Waals surface area contributed by atoms with Crippen LogP contribution < -0.4 is 0 Å². The molecule has 2 aliphatic heterocycles.